The van der Waals surface area contributed by atoms with E-state index in [1.807, 2.05) is 60.7 Å². The molecule has 0 amide bonds. The van der Waals surface area contributed by atoms with E-state index in [2.05, 4.69) is 13.8 Å². The summed E-state index contributed by atoms with van der Waals surface area (Å²) < 4.78 is 5.79. The van der Waals surface area contributed by atoms with Gasteiger partial charge in [-0.1, -0.05) is 74.5 Å². The van der Waals surface area contributed by atoms with Crippen LogP contribution >= 0.6 is 0 Å². The Labute approximate surface area is 171 Å². The molecular formula is C25H28O4. The summed E-state index contributed by atoms with van der Waals surface area (Å²) in [6.07, 6.45) is 1.82. The van der Waals surface area contributed by atoms with E-state index < -0.39 is 28.9 Å². The summed E-state index contributed by atoms with van der Waals surface area (Å²) in [5.74, 6) is -1.11. The molecule has 2 aliphatic rings. The Hall–Kier alpha value is -2.46. The fraction of sp³-hybridized carbons (Fsp3) is 0.440. The zero-order valence-electron chi connectivity index (χ0n) is 17.2. The lowest BCUT2D eigenvalue weighted by Gasteiger charge is -2.53. The number of carbonyl (C=O) groups is 2. The van der Waals surface area contributed by atoms with Gasteiger partial charge in [-0.05, 0) is 41.7 Å². The Balaban J connectivity index is 1.96. The summed E-state index contributed by atoms with van der Waals surface area (Å²) >= 11 is 0. The molecular weight excluding hydrogens is 364 g/mol. The molecule has 0 aliphatic heterocycles. The Morgan fingerprint density at radius 3 is 1.97 bits per heavy atom. The Morgan fingerprint density at radius 2 is 1.52 bits per heavy atom. The van der Waals surface area contributed by atoms with Crippen molar-refractivity contribution in [3.8, 4) is 0 Å². The average molecular weight is 392 g/mol. The van der Waals surface area contributed by atoms with Crippen molar-refractivity contribution in [2.75, 3.05) is 0 Å². The molecule has 152 valence electrons. The molecule has 4 nitrogen and oxygen atoms in total. The molecule has 0 aromatic heterocycles. The molecule has 0 unspecified atom stereocenters. The molecule has 0 saturated heterocycles. The van der Waals surface area contributed by atoms with Crippen molar-refractivity contribution in [1.29, 1.82) is 0 Å². The highest BCUT2D eigenvalue weighted by Crippen LogP contribution is 2.73. The highest BCUT2D eigenvalue weighted by Gasteiger charge is 2.74. The molecule has 2 aromatic rings. The van der Waals surface area contributed by atoms with Gasteiger partial charge in [0.25, 0.3) is 0 Å². The normalized spacial score (nSPS) is 27.6. The predicted molar refractivity (Wildman–Crippen MR) is 110 cm³/mol. The van der Waals surface area contributed by atoms with Gasteiger partial charge < -0.3 is 9.84 Å². The topological polar surface area (TPSA) is 63.6 Å². The number of ether oxygens (including phenoxy) is 1. The zero-order chi connectivity index (χ0) is 20.9. The van der Waals surface area contributed by atoms with Crippen molar-refractivity contribution in [2.24, 2.45) is 16.7 Å². The van der Waals surface area contributed by atoms with E-state index in [1.54, 1.807) is 0 Å². The van der Waals surface area contributed by atoms with Crippen molar-refractivity contribution in [3.63, 3.8) is 0 Å². The molecule has 4 heteroatoms. The first-order valence-corrected chi connectivity index (χ1v) is 10.3. The molecule has 2 fully saturated rings. The fourth-order valence-electron chi connectivity index (χ4n) is 6.18. The number of carbonyl (C=O) groups excluding carboxylic acids is 2. The van der Waals surface area contributed by atoms with Gasteiger partial charge in [0.1, 0.15) is 11.7 Å². The van der Waals surface area contributed by atoms with Gasteiger partial charge in [-0.25, -0.2) is 4.79 Å². The first kappa shape index (κ1) is 19.8. The second-order valence-electron chi connectivity index (χ2n) is 9.06. The van der Waals surface area contributed by atoms with Crippen molar-refractivity contribution in [2.45, 2.75) is 51.7 Å². The van der Waals surface area contributed by atoms with Gasteiger partial charge >= 0.3 is 5.97 Å². The van der Waals surface area contributed by atoms with E-state index in [1.165, 1.54) is 6.92 Å². The SMILES string of the molecule is CC(=O)C(=O)O[C@H]1C[C@@H]2CC[C@@]1(C(O)(c1ccccc1)c1ccccc1)C2(C)C. The van der Waals surface area contributed by atoms with Crippen LogP contribution in [0.25, 0.3) is 0 Å². The number of hydrogen-bond acceptors (Lipinski definition) is 4. The standard InChI is InChI=1S/C25H28O4/c1-17(26)22(27)29-21-16-20-14-15-24(21,23(20,2)3)25(28,18-10-6-4-7-11-18)19-12-8-5-9-13-19/h4-13,20-21,28H,14-16H2,1-3H3/t20-,21-,24-/m0/s1. The first-order valence-electron chi connectivity index (χ1n) is 10.3. The number of aliphatic hydroxyl groups is 1. The third-order valence-corrected chi connectivity index (χ3v) is 7.67. The van der Waals surface area contributed by atoms with Crippen molar-refractivity contribution >= 4 is 11.8 Å². The van der Waals surface area contributed by atoms with Crippen LogP contribution in [0.5, 0.6) is 0 Å². The lowest BCUT2D eigenvalue weighted by Crippen LogP contribution is -2.57. The van der Waals surface area contributed by atoms with Crippen molar-refractivity contribution in [1.82, 2.24) is 0 Å². The number of hydrogen-bond donors (Lipinski definition) is 1. The summed E-state index contributed by atoms with van der Waals surface area (Å²) in [6, 6.07) is 19.3. The zero-order valence-corrected chi connectivity index (χ0v) is 17.2. The van der Waals surface area contributed by atoms with Gasteiger partial charge in [0.05, 0.1) is 0 Å². The molecule has 0 radical (unpaired) electrons. The van der Waals surface area contributed by atoms with Crippen LogP contribution in [0, 0.1) is 16.7 Å². The van der Waals surface area contributed by atoms with Crippen molar-refractivity contribution in [3.05, 3.63) is 71.8 Å². The van der Waals surface area contributed by atoms with Gasteiger partial charge in [0.15, 0.2) is 0 Å². The number of ketones is 1. The number of rotatable bonds is 5. The molecule has 2 saturated carbocycles. The average Bonchev–Trinajstić information content (AvgIpc) is 3.11. The van der Waals surface area contributed by atoms with E-state index >= 15 is 0 Å². The number of benzene rings is 2. The van der Waals surface area contributed by atoms with Gasteiger partial charge in [0, 0.05) is 12.3 Å². The minimum absolute atomic E-state index is 0.283. The molecule has 4 rings (SSSR count). The number of esters is 1. The molecule has 2 aliphatic carbocycles. The van der Waals surface area contributed by atoms with Crippen LogP contribution in [0.4, 0.5) is 0 Å². The highest BCUT2D eigenvalue weighted by atomic mass is 16.6. The van der Waals surface area contributed by atoms with Crippen LogP contribution in [-0.2, 0) is 19.9 Å². The highest BCUT2D eigenvalue weighted by molar-refractivity contribution is 6.32. The van der Waals surface area contributed by atoms with Gasteiger partial charge in [-0.15, -0.1) is 0 Å². The third-order valence-electron chi connectivity index (χ3n) is 7.67. The summed E-state index contributed by atoms with van der Waals surface area (Å²) in [4.78, 5) is 23.9. The first-order chi connectivity index (χ1) is 13.7. The summed E-state index contributed by atoms with van der Waals surface area (Å²) in [7, 11) is 0. The lowest BCUT2D eigenvalue weighted by molar-refractivity contribution is -0.185. The van der Waals surface area contributed by atoms with Crippen LogP contribution in [0.1, 0.15) is 51.2 Å². The Kier molecular flexibility index (Phi) is 4.66. The van der Waals surface area contributed by atoms with Crippen LogP contribution in [0.2, 0.25) is 0 Å². The summed E-state index contributed by atoms with van der Waals surface area (Å²) in [5, 5.41) is 12.6. The van der Waals surface area contributed by atoms with Crippen LogP contribution < -0.4 is 0 Å². The molecule has 1 N–H and O–H groups in total. The quantitative estimate of drug-likeness (QED) is 0.610. The van der Waals surface area contributed by atoms with Gasteiger partial charge in [-0.3, -0.25) is 4.79 Å². The monoisotopic (exact) mass is 392 g/mol. The van der Waals surface area contributed by atoms with Crippen LogP contribution in [0.15, 0.2) is 60.7 Å². The molecule has 2 aromatic carbocycles. The maximum absolute atomic E-state index is 12.6. The van der Waals surface area contributed by atoms with E-state index in [-0.39, 0.29) is 5.41 Å². The molecule has 29 heavy (non-hydrogen) atoms. The van der Waals surface area contributed by atoms with E-state index in [0.29, 0.717) is 12.3 Å². The van der Waals surface area contributed by atoms with E-state index in [9.17, 15) is 14.7 Å². The second-order valence-corrected chi connectivity index (χ2v) is 9.06. The molecule has 3 atom stereocenters. The van der Waals surface area contributed by atoms with Crippen LogP contribution in [0.3, 0.4) is 0 Å². The number of fused-ring (bicyclic) bond motifs is 2. The summed E-state index contributed by atoms with van der Waals surface area (Å²) in [5.41, 5.74) is -0.809. The second kappa shape index (κ2) is 6.81. The largest absolute Gasteiger partial charge is 0.456 e. The molecule has 0 heterocycles. The predicted octanol–water partition coefficient (Wildman–Crippen LogP) is 4.25. The van der Waals surface area contributed by atoms with E-state index in [4.69, 9.17) is 4.74 Å². The third kappa shape index (κ3) is 2.62. The Bertz CT molecular complexity index is 879. The minimum Gasteiger partial charge on any atom is -0.456 e. The lowest BCUT2D eigenvalue weighted by atomic mass is 9.54. The van der Waals surface area contributed by atoms with Gasteiger partial charge in [-0.2, -0.15) is 0 Å². The maximum Gasteiger partial charge on any atom is 0.374 e. The summed E-state index contributed by atoms with van der Waals surface area (Å²) in [6.45, 7) is 5.57. The van der Waals surface area contributed by atoms with Gasteiger partial charge in [0.2, 0.25) is 5.78 Å². The number of Topliss-reactive ketones (excluding diaryl/α,β-unsaturated/α-hetero) is 1. The minimum atomic E-state index is -1.36. The van der Waals surface area contributed by atoms with Crippen molar-refractivity contribution < 1.29 is 19.4 Å². The Morgan fingerprint density at radius 1 is 1.00 bits per heavy atom. The maximum atomic E-state index is 12.6. The molecule has 2 bridgehead atoms. The smallest absolute Gasteiger partial charge is 0.374 e. The molecule has 0 spiro atoms. The van der Waals surface area contributed by atoms with Crippen LogP contribution in [-0.4, -0.2) is 23.0 Å². The fourth-order valence-corrected chi connectivity index (χ4v) is 6.18. The van der Waals surface area contributed by atoms with E-state index in [0.717, 1.165) is 24.0 Å².